The minimum atomic E-state index is -0.821. The molecule has 0 radical (unpaired) electrons. The molecule has 0 aliphatic rings. The number of aromatic nitrogens is 4. The second-order valence-corrected chi connectivity index (χ2v) is 6.35. The predicted octanol–water partition coefficient (Wildman–Crippen LogP) is 2.82. The highest BCUT2D eigenvalue weighted by molar-refractivity contribution is 9.10. The lowest BCUT2D eigenvalue weighted by molar-refractivity contribution is 0.0156. The van der Waals surface area contributed by atoms with Gasteiger partial charge in [-0.1, -0.05) is 34.1 Å². The zero-order valence-corrected chi connectivity index (χ0v) is 14.8. The summed E-state index contributed by atoms with van der Waals surface area (Å²) in [7, 11) is 0. The van der Waals surface area contributed by atoms with Gasteiger partial charge in [0.1, 0.15) is 5.82 Å². The van der Waals surface area contributed by atoms with Gasteiger partial charge < -0.3 is 9.84 Å². The summed E-state index contributed by atoms with van der Waals surface area (Å²) in [6.07, 6.45) is -0.821. The third kappa shape index (κ3) is 4.91. The Labute approximate surface area is 152 Å². The second kappa shape index (κ2) is 8.28. The Balaban J connectivity index is 1.50. The summed E-state index contributed by atoms with van der Waals surface area (Å²) < 4.78 is 19.8. The van der Waals surface area contributed by atoms with Crippen molar-refractivity contribution in [3.8, 4) is 11.4 Å². The van der Waals surface area contributed by atoms with Gasteiger partial charge in [-0.3, -0.25) is 0 Å². The van der Waals surface area contributed by atoms with Crippen molar-refractivity contribution in [2.75, 3.05) is 6.61 Å². The summed E-state index contributed by atoms with van der Waals surface area (Å²) in [4.78, 5) is 1.31. The van der Waals surface area contributed by atoms with E-state index in [1.54, 1.807) is 18.2 Å². The summed E-state index contributed by atoms with van der Waals surface area (Å²) in [5, 5.41) is 22.1. The number of tetrazole rings is 1. The standard InChI is InChI=1S/C17H16BrFN4O2/c18-14-7-5-12(6-8-14)17-20-22-23(21-17)9-15(24)11-25-10-13-3-1-2-4-16(13)19/h1-8,15,24H,9-11H2. The topological polar surface area (TPSA) is 73.1 Å². The number of aliphatic hydroxyl groups excluding tert-OH is 1. The van der Waals surface area contributed by atoms with Crippen LogP contribution in [0.25, 0.3) is 11.4 Å². The molecular formula is C17H16BrFN4O2. The van der Waals surface area contributed by atoms with Crippen LogP contribution in [0.1, 0.15) is 5.56 Å². The van der Waals surface area contributed by atoms with E-state index in [-0.39, 0.29) is 25.6 Å². The van der Waals surface area contributed by atoms with E-state index in [9.17, 15) is 9.50 Å². The van der Waals surface area contributed by atoms with Crippen molar-refractivity contribution < 1.29 is 14.2 Å². The molecule has 1 atom stereocenters. The first-order valence-electron chi connectivity index (χ1n) is 7.65. The first-order chi connectivity index (χ1) is 12.1. The van der Waals surface area contributed by atoms with Gasteiger partial charge in [0, 0.05) is 15.6 Å². The van der Waals surface area contributed by atoms with E-state index in [2.05, 4.69) is 31.3 Å². The number of aliphatic hydroxyl groups is 1. The highest BCUT2D eigenvalue weighted by atomic mass is 79.9. The number of ether oxygens (including phenoxy) is 1. The Morgan fingerprint density at radius 1 is 1.16 bits per heavy atom. The molecule has 130 valence electrons. The number of rotatable bonds is 7. The van der Waals surface area contributed by atoms with E-state index < -0.39 is 6.10 Å². The third-order valence-electron chi connectivity index (χ3n) is 3.45. The normalized spacial score (nSPS) is 12.3. The Kier molecular flexibility index (Phi) is 5.85. The molecule has 0 fully saturated rings. The lowest BCUT2D eigenvalue weighted by atomic mass is 10.2. The van der Waals surface area contributed by atoms with Crippen LogP contribution in [0, 0.1) is 5.82 Å². The van der Waals surface area contributed by atoms with Gasteiger partial charge in [0.15, 0.2) is 0 Å². The van der Waals surface area contributed by atoms with E-state index in [0.29, 0.717) is 11.4 Å². The van der Waals surface area contributed by atoms with E-state index >= 15 is 0 Å². The zero-order chi connectivity index (χ0) is 17.6. The van der Waals surface area contributed by atoms with Crippen molar-refractivity contribution in [2.45, 2.75) is 19.3 Å². The van der Waals surface area contributed by atoms with Crippen LogP contribution < -0.4 is 0 Å². The molecule has 3 rings (SSSR count). The van der Waals surface area contributed by atoms with Crippen molar-refractivity contribution in [1.29, 1.82) is 0 Å². The van der Waals surface area contributed by atoms with Crippen LogP contribution in [0.2, 0.25) is 0 Å². The molecule has 0 saturated heterocycles. The van der Waals surface area contributed by atoms with Crippen molar-refractivity contribution in [2.24, 2.45) is 0 Å². The van der Waals surface area contributed by atoms with Crippen molar-refractivity contribution >= 4 is 15.9 Å². The fraction of sp³-hybridized carbons (Fsp3) is 0.235. The molecule has 0 amide bonds. The molecule has 1 unspecified atom stereocenters. The maximum atomic E-state index is 13.5. The molecular weight excluding hydrogens is 391 g/mol. The maximum absolute atomic E-state index is 13.5. The lowest BCUT2D eigenvalue weighted by Gasteiger charge is -2.10. The molecule has 3 aromatic rings. The van der Waals surface area contributed by atoms with Crippen LogP contribution in [0.4, 0.5) is 4.39 Å². The molecule has 6 nitrogen and oxygen atoms in total. The summed E-state index contributed by atoms with van der Waals surface area (Å²) >= 11 is 3.37. The predicted molar refractivity (Wildman–Crippen MR) is 93.0 cm³/mol. The fourth-order valence-electron chi connectivity index (χ4n) is 2.20. The summed E-state index contributed by atoms with van der Waals surface area (Å²) in [5.41, 5.74) is 1.28. The van der Waals surface area contributed by atoms with Crippen LogP contribution in [-0.2, 0) is 17.9 Å². The monoisotopic (exact) mass is 406 g/mol. The van der Waals surface area contributed by atoms with Gasteiger partial charge in [0.25, 0.3) is 0 Å². The summed E-state index contributed by atoms with van der Waals surface area (Å²) in [5.74, 6) is 0.154. The average Bonchev–Trinajstić information content (AvgIpc) is 3.05. The van der Waals surface area contributed by atoms with E-state index in [0.717, 1.165) is 10.0 Å². The molecule has 0 spiro atoms. The van der Waals surface area contributed by atoms with Gasteiger partial charge in [0.2, 0.25) is 5.82 Å². The van der Waals surface area contributed by atoms with Crippen LogP contribution in [0.15, 0.2) is 53.0 Å². The summed E-state index contributed by atoms with van der Waals surface area (Å²) in [6, 6.07) is 13.9. The van der Waals surface area contributed by atoms with E-state index in [4.69, 9.17) is 4.74 Å². The minimum Gasteiger partial charge on any atom is -0.389 e. The van der Waals surface area contributed by atoms with Crippen LogP contribution in [0.5, 0.6) is 0 Å². The van der Waals surface area contributed by atoms with Gasteiger partial charge in [-0.05, 0) is 35.5 Å². The Morgan fingerprint density at radius 3 is 2.68 bits per heavy atom. The van der Waals surface area contributed by atoms with Crippen molar-refractivity contribution in [3.05, 3.63) is 64.4 Å². The Hall–Kier alpha value is -2.16. The fourth-order valence-corrected chi connectivity index (χ4v) is 2.46. The van der Waals surface area contributed by atoms with Gasteiger partial charge in [-0.25, -0.2) is 4.39 Å². The molecule has 1 heterocycles. The van der Waals surface area contributed by atoms with E-state index in [1.165, 1.54) is 10.9 Å². The van der Waals surface area contributed by atoms with Crippen molar-refractivity contribution in [1.82, 2.24) is 20.2 Å². The van der Waals surface area contributed by atoms with Crippen molar-refractivity contribution in [3.63, 3.8) is 0 Å². The number of halogens is 2. The Morgan fingerprint density at radius 2 is 1.92 bits per heavy atom. The smallest absolute Gasteiger partial charge is 0.204 e. The zero-order valence-electron chi connectivity index (χ0n) is 13.2. The minimum absolute atomic E-state index is 0.0451. The van der Waals surface area contributed by atoms with Crippen LogP contribution in [0.3, 0.4) is 0 Å². The van der Waals surface area contributed by atoms with Gasteiger partial charge in [-0.15, -0.1) is 10.2 Å². The molecule has 0 saturated carbocycles. The molecule has 0 bridgehead atoms. The van der Waals surface area contributed by atoms with Crippen LogP contribution >= 0.6 is 15.9 Å². The maximum Gasteiger partial charge on any atom is 0.204 e. The molecule has 8 heteroatoms. The number of hydrogen-bond acceptors (Lipinski definition) is 5. The lowest BCUT2D eigenvalue weighted by Crippen LogP contribution is -2.23. The highest BCUT2D eigenvalue weighted by Gasteiger charge is 2.11. The highest BCUT2D eigenvalue weighted by Crippen LogP contribution is 2.17. The second-order valence-electron chi connectivity index (χ2n) is 5.44. The molecule has 0 aliphatic heterocycles. The molecule has 25 heavy (non-hydrogen) atoms. The average molecular weight is 407 g/mol. The van der Waals surface area contributed by atoms with Gasteiger partial charge >= 0.3 is 0 Å². The SMILES string of the molecule is OC(COCc1ccccc1F)Cn1nnc(-c2ccc(Br)cc2)n1. The first kappa shape index (κ1) is 17.7. The largest absolute Gasteiger partial charge is 0.389 e. The molecule has 2 aromatic carbocycles. The summed E-state index contributed by atoms with van der Waals surface area (Å²) in [6.45, 7) is 0.281. The first-order valence-corrected chi connectivity index (χ1v) is 8.44. The van der Waals surface area contributed by atoms with Gasteiger partial charge in [0.05, 0.1) is 25.9 Å². The molecule has 0 aliphatic carbocycles. The Bertz CT molecular complexity index is 826. The van der Waals surface area contributed by atoms with Gasteiger partial charge in [-0.2, -0.15) is 4.80 Å². The number of hydrogen-bond donors (Lipinski definition) is 1. The quantitative estimate of drug-likeness (QED) is 0.652. The third-order valence-corrected chi connectivity index (χ3v) is 3.98. The number of benzene rings is 2. The van der Waals surface area contributed by atoms with Crippen LogP contribution in [-0.4, -0.2) is 38.0 Å². The van der Waals surface area contributed by atoms with E-state index in [1.807, 2.05) is 24.3 Å². The molecule has 1 aromatic heterocycles. The molecule has 1 N–H and O–H groups in total. The number of nitrogens with zero attached hydrogens (tertiary/aromatic N) is 4.